The van der Waals surface area contributed by atoms with Crippen LogP contribution in [0.25, 0.3) is 0 Å². The normalized spacial score (nSPS) is 17.7. The molecule has 4 nitrogen and oxygen atoms in total. The predicted octanol–water partition coefficient (Wildman–Crippen LogP) is 2.44. The lowest BCUT2D eigenvalue weighted by Crippen LogP contribution is -2.43. The quantitative estimate of drug-likeness (QED) is 0.725. The molecule has 1 saturated carbocycles. The van der Waals surface area contributed by atoms with Gasteiger partial charge in [0, 0.05) is 11.4 Å². The van der Waals surface area contributed by atoms with Crippen LogP contribution in [0, 0.1) is 11.3 Å². The van der Waals surface area contributed by atoms with E-state index in [9.17, 15) is 5.11 Å². The van der Waals surface area contributed by atoms with Crippen molar-refractivity contribution in [2.24, 2.45) is 0 Å². The summed E-state index contributed by atoms with van der Waals surface area (Å²) in [4.78, 5) is 0. The van der Waals surface area contributed by atoms with Gasteiger partial charge in [-0.05, 0) is 36.6 Å². The molecule has 4 N–H and O–H groups in total. The number of aliphatic hydroxyl groups is 1. The molecule has 102 valence electrons. The molecule has 0 aliphatic heterocycles. The molecule has 0 atom stereocenters. The SMILES string of the molecule is N#CCc1cc(NC2(CO)CCCCC2)ccc1N. The fraction of sp³-hybridized carbons (Fsp3) is 0.533. The second-order valence-corrected chi connectivity index (χ2v) is 5.37. The number of hydrogen-bond acceptors (Lipinski definition) is 4. The van der Waals surface area contributed by atoms with Gasteiger partial charge >= 0.3 is 0 Å². The monoisotopic (exact) mass is 259 g/mol. The second-order valence-electron chi connectivity index (χ2n) is 5.37. The Bertz CT molecular complexity index is 473. The van der Waals surface area contributed by atoms with Crippen molar-refractivity contribution < 1.29 is 5.11 Å². The maximum absolute atomic E-state index is 9.69. The van der Waals surface area contributed by atoms with Crippen LogP contribution in [0.2, 0.25) is 0 Å². The van der Waals surface area contributed by atoms with E-state index in [-0.39, 0.29) is 12.1 Å². The van der Waals surface area contributed by atoms with E-state index >= 15 is 0 Å². The minimum atomic E-state index is -0.210. The molecular formula is C15H21N3O. The van der Waals surface area contributed by atoms with Gasteiger partial charge < -0.3 is 16.2 Å². The number of hydrogen-bond donors (Lipinski definition) is 3. The third-order valence-electron chi connectivity index (χ3n) is 3.94. The van der Waals surface area contributed by atoms with Gasteiger partial charge in [0.15, 0.2) is 0 Å². The maximum atomic E-state index is 9.69. The fourth-order valence-corrected chi connectivity index (χ4v) is 2.78. The lowest BCUT2D eigenvalue weighted by Gasteiger charge is -2.37. The van der Waals surface area contributed by atoms with Gasteiger partial charge in [0.25, 0.3) is 0 Å². The first kappa shape index (κ1) is 13.7. The third kappa shape index (κ3) is 3.18. The average Bonchev–Trinajstić information content (AvgIpc) is 2.44. The van der Waals surface area contributed by atoms with Gasteiger partial charge in [0.05, 0.1) is 24.6 Å². The topological polar surface area (TPSA) is 82.1 Å². The van der Waals surface area contributed by atoms with E-state index in [0.29, 0.717) is 12.1 Å². The van der Waals surface area contributed by atoms with Crippen LogP contribution in [-0.2, 0) is 6.42 Å². The van der Waals surface area contributed by atoms with Crippen LogP contribution in [0.3, 0.4) is 0 Å². The summed E-state index contributed by atoms with van der Waals surface area (Å²) in [6.45, 7) is 0.144. The summed E-state index contributed by atoms with van der Waals surface area (Å²) in [5.41, 5.74) is 8.07. The molecule has 1 fully saturated rings. The lowest BCUT2D eigenvalue weighted by atomic mass is 9.82. The number of nitrogens with zero attached hydrogens (tertiary/aromatic N) is 1. The van der Waals surface area contributed by atoms with Crippen LogP contribution in [0.5, 0.6) is 0 Å². The standard InChI is InChI=1S/C15H21N3O/c16-9-6-12-10-13(4-5-14(12)17)18-15(11-19)7-2-1-3-8-15/h4-5,10,18-19H,1-3,6-8,11,17H2. The molecule has 1 aliphatic rings. The summed E-state index contributed by atoms with van der Waals surface area (Å²) < 4.78 is 0. The molecule has 19 heavy (non-hydrogen) atoms. The van der Waals surface area contributed by atoms with E-state index in [4.69, 9.17) is 11.0 Å². The summed E-state index contributed by atoms with van der Waals surface area (Å²) in [7, 11) is 0. The Morgan fingerprint density at radius 1 is 1.32 bits per heavy atom. The minimum Gasteiger partial charge on any atom is -0.398 e. The largest absolute Gasteiger partial charge is 0.398 e. The number of nitrogens with two attached hydrogens (primary N) is 1. The Balaban J connectivity index is 2.17. The second kappa shape index (κ2) is 5.94. The van der Waals surface area contributed by atoms with Gasteiger partial charge in [-0.2, -0.15) is 5.26 Å². The molecule has 0 amide bonds. The van der Waals surface area contributed by atoms with E-state index < -0.39 is 0 Å². The van der Waals surface area contributed by atoms with Crippen LogP contribution < -0.4 is 11.1 Å². The van der Waals surface area contributed by atoms with E-state index in [1.165, 1.54) is 6.42 Å². The third-order valence-corrected chi connectivity index (χ3v) is 3.94. The molecular weight excluding hydrogens is 238 g/mol. The highest BCUT2D eigenvalue weighted by Gasteiger charge is 2.31. The highest BCUT2D eigenvalue weighted by molar-refractivity contribution is 5.59. The number of anilines is 2. The summed E-state index contributed by atoms with van der Waals surface area (Å²) in [5.74, 6) is 0. The Morgan fingerprint density at radius 2 is 2.05 bits per heavy atom. The maximum Gasteiger partial charge on any atom is 0.0670 e. The zero-order valence-electron chi connectivity index (χ0n) is 11.2. The van der Waals surface area contributed by atoms with Gasteiger partial charge in [0.2, 0.25) is 0 Å². The number of rotatable bonds is 4. The molecule has 0 saturated heterocycles. The molecule has 1 aliphatic carbocycles. The number of nitrogen functional groups attached to an aromatic ring is 1. The van der Waals surface area contributed by atoms with Crippen LogP contribution >= 0.6 is 0 Å². The molecule has 0 bridgehead atoms. The molecule has 0 spiro atoms. The molecule has 0 unspecified atom stereocenters. The van der Waals surface area contributed by atoms with Gasteiger partial charge in [-0.25, -0.2) is 0 Å². The van der Waals surface area contributed by atoms with Gasteiger partial charge in [-0.3, -0.25) is 0 Å². The van der Waals surface area contributed by atoms with Gasteiger partial charge in [-0.15, -0.1) is 0 Å². The number of nitrogens with one attached hydrogen (secondary N) is 1. The molecule has 1 aromatic carbocycles. The van der Waals surface area contributed by atoms with Crippen molar-refractivity contribution >= 4 is 11.4 Å². The highest BCUT2D eigenvalue weighted by Crippen LogP contribution is 2.32. The van der Waals surface area contributed by atoms with Crippen molar-refractivity contribution in [1.29, 1.82) is 5.26 Å². The predicted molar refractivity (Wildman–Crippen MR) is 76.7 cm³/mol. The van der Waals surface area contributed by atoms with Crippen LogP contribution in [0.4, 0.5) is 11.4 Å². The first-order chi connectivity index (χ1) is 9.19. The summed E-state index contributed by atoms with van der Waals surface area (Å²) in [6, 6.07) is 7.78. The van der Waals surface area contributed by atoms with Crippen molar-refractivity contribution in [2.45, 2.75) is 44.1 Å². The van der Waals surface area contributed by atoms with E-state index in [1.807, 2.05) is 18.2 Å². The molecule has 0 radical (unpaired) electrons. The number of nitriles is 1. The minimum absolute atomic E-state index is 0.144. The Hall–Kier alpha value is -1.73. The smallest absolute Gasteiger partial charge is 0.0670 e. The van der Waals surface area contributed by atoms with Crippen molar-refractivity contribution in [3.05, 3.63) is 23.8 Å². The average molecular weight is 259 g/mol. The van der Waals surface area contributed by atoms with Gasteiger partial charge in [-0.1, -0.05) is 19.3 Å². The van der Waals surface area contributed by atoms with Crippen LogP contribution in [0.1, 0.15) is 37.7 Å². The van der Waals surface area contributed by atoms with Crippen molar-refractivity contribution in [1.82, 2.24) is 0 Å². The highest BCUT2D eigenvalue weighted by atomic mass is 16.3. The first-order valence-corrected chi connectivity index (χ1v) is 6.83. The molecule has 2 rings (SSSR count). The van der Waals surface area contributed by atoms with E-state index in [1.54, 1.807) is 0 Å². The van der Waals surface area contributed by atoms with Crippen molar-refractivity contribution in [3.8, 4) is 6.07 Å². The summed E-state index contributed by atoms with van der Waals surface area (Å²) >= 11 is 0. The fourth-order valence-electron chi connectivity index (χ4n) is 2.78. The van der Waals surface area contributed by atoms with Crippen molar-refractivity contribution in [2.75, 3.05) is 17.7 Å². The molecule has 0 aromatic heterocycles. The Morgan fingerprint density at radius 3 is 2.68 bits per heavy atom. The van der Waals surface area contributed by atoms with Crippen LogP contribution in [-0.4, -0.2) is 17.3 Å². The van der Waals surface area contributed by atoms with E-state index in [0.717, 1.165) is 36.9 Å². The van der Waals surface area contributed by atoms with E-state index in [2.05, 4.69) is 11.4 Å². The zero-order chi connectivity index (χ0) is 13.7. The first-order valence-electron chi connectivity index (χ1n) is 6.83. The summed E-state index contributed by atoms with van der Waals surface area (Å²) in [5, 5.41) is 21.9. The lowest BCUT2D eigenvalue weighted by molar-refractivity contribution is 0.173. The summed E-state index contributed by atoms with van der Waals surface area (Å²) in [6.07, 6.45) is 5.82. The molecule has 0 heterocycles. The number of aliphatic hydroxyl groups excluding tert-OH is 1. The van der Waals surface area contributed by atoms with Gasteiger partial charge in [0.1, 0.15) is 0 Å². The van der Waals surface area contributed by atoms with Crippen molar-refractivity contribution in [3.63, 3.8) is 0 Å². The Kier molecular flexibility index (Phi) is 4.28. The Labute approximate surface area is 114 Å². The number of benzene rings is 1. The zero-order valence-corrected chi connectivity index (χ0v) is 11.2. The molecule has 4 heteroatoms. The van der Waals surface area contributed by atoms with Crippen LogP contribution in [0.15, 0.2) is 18.2 Å². The molecule has 1 aromatic rings.